The molecule has 0 amide bonds. The number of hydrogen-bond acceptors (Lipinski definition) is 6. The monoisotopic (exact) mass is 269 g/mol. The van der Waals surface area contributed by atoms with Crippen LogP contribution in [0.3, 0.4) is 0 Å². The van der Waals surface area contributed by atoms with Crippen LogP contribution in [0.25, 0.3) is 0 Å². The molecule has 0 aliphatic carbocycles. The second kappa shape index (κ2) is 4.43. The number of hydrogen-bond donors (Lipinski definition) is 3. The summed E-state index contributed by atoms with van der Waals surface area (Å²) in [5, 5.41) is 29.4. The Hall–Kier alpha value is -1.45. The number of thiophene rings is 1. The van der Waals surface area contributed by atoms with Gasteiger partial charge < -0.3 is 15.4 Å². The highest BCUT2D eigenvalue weighted by molar-refractivity contribution is 7.13. The van der Waals surface area contributed by atoms with Crippen LogP contribution in [0.5, 0.6) is 0 Å². The average Bonchev–Trinajstić information content (AvgIpc) is 2.68. The van der Waals surface area contributed by atoms with Gasteiger partial charge in [-0.25, -0.2) is 0 Å². The van der Waals surface area contributed by atoms with Crippen LogP contribution < -0.4 is 0 Å². The van der Waals surface area contributed by atoms with Crippen LogP contribution in [-0.4, -0.2) is 38.9 Å². The Morgan fingerprint density at radius 3 is 2.29 bits per heavy atom. The van der Waals surface area contributed by atoms with Gasteiger partial charge in [-0.1, -0.05) is 11.2 Å². The van der Waals surface area contributed by atoms with E-state index in [1.807, 2.05) is 5.16 Å². The third-order valence-corrected chi connectivity index (χ3v) is 2.65. The summed E-state index contributed by atoms with van der Waals surface area (Å²) in [4.78, 5) is 11.2. The zero-order chi connectivity index (χ0) is 13.3. The van der Waals surface area contributed by atoms with Crippen molar-refractivity contribution in [3.63, 3.8) is 0 Å². The quantitative estimate of drug-likeness (QED) is 0.251. The lowest BCUT2D eigenvalue weighted by atomic mass is 10.1. The molecule has 0 unspecified atom stereocenters. The lowest BCUT2D eigenvalue weighted by Crippen LogP contribution is -2.54. The molecule has 0 aromatic carbocycles. The summed E-state index contributed by atoms with van der Waals surface area (Å²) in [6.45, 7) is 0. The van der Waals surface area contributed by atoms with Gasteiger partial charge in [0.15, 0.2) is 5.71 Å². The van der Waals surface area contributed by atoms with Crippen molar-refractivity contribution in [1.82, 2.24) is 0 Å². The number of aliphatic hydroxyl groups is 2. The fourth-order valence-electron chi connectivity index (χ4n) is 0.932. The van der Waals surface area contributed by atoms with Gasteiger partial charge in [-0.3, -0.25) is 4.79 Å². The van der Waals surface area contributed by atoms with Crippen LogP contribution in [0.1, 0.15) is 9.67 Å². The Kier molecular flexibility index (Phi) is 3.55. The summed E-state index contributed by atoms with van der Waals surface area (Å²) >= 11 is 0.770. The highest BCUT2D eigenvalue weighted by Crippen LogP contribution is 2.30. The molecule has 1 heterocycles. The van der Waals surface area contributed by atoms with E-state index < -0.39 is 23.5 Å². The second-order valence-corrected chi connectivity index (χ2v) is 3.87. The minimum atomic E-state index is -5.55. The van der Waals surface area contributed by atoms with Crippen molar-refractivity contribution in [3.8, 4) is 0 Å². The largest absolute Gasteiger partial charge is 0.449 e. The van der Waals surface area contributed by atoms with E-state index in [9.17, 15) is 18.0 Å². The molecule has 0 atom stereocenters. The molecule has 9 heteroatoms. The van der Waals surface area contributed by atoms with Gasteiger partial charge >= 0.3 is 12.0 Å². The number of carbonyl (C=O) groups is 1. The summed E-state index contributed by atoms with van der Waals surface area (Å²) in [5.41, 5.74) is -1.80. The Morgan fingerprint density at radius 2 is 1.94 bits per heavy atom. The first-order valence-electron chi connectivity index (χ1n) is 4.04. The maximum absolute atomic E-state index is 12.2. The molecule has 0 saturated heterocycles. The first-order chi connectivity index (χ1) is 7.71. The van der Waals surface area contributed by atoms with Gasteiger partial charge in [-0.15, -0.1) is 11.3 Å². The molecular formula is C8H6F3NO4S. The topological polar surface area (TPSA) is 90.1 Å². The smallest absolute Gasteiger partial charge is 0.410 e. The van der Waals surface area contributed by atoms with Crippen LogP contribution in [-0.2, 0) is 0 Å². The van der Waals surface area contributed by atoms with Crippen molar-refractivity contribution >= 4 is 22.8 Å². The Labute approximate surface area is 96.4 Å². The predicted octanol–water partition coefficient (Wildman–Crippen LogP) is 1.00. The van der Waals surface area contributed by atoms with Crippen LogP contribution in [0.4, 0.5) is 13.2 Å². The number of halogens is 3. The third kappa shape index (κ3) is 2.46. The zero-order valence-electron chi connectivity index (χ0n) is 7.97. The van der Waals surface area contributed by atoms with E-state index in [0.29, 0.717) is 0 Å². The molecule has 1 aromatic rings. The molecular weight excluding hydrogens is 263 g/mol. The Morgan fingerprint density at radius 1 is 1.35 bits per heavy atom. The van der Waals surface area contributed by atoms with E-state index in [2.05, 4.69) is 0 Å². The summed E-state index contributed by atoms with van der Waals surface area (Å²) in [5.74, 6) is -5.91. The summed E-state index contributed by atoms with van der Waals surface area (Å²) in [7, 11) is 0. The molecule has 0 aliphatic rings. The molecule has 5 nitrogen and oxygen atoms in total. The maximum atomic E-state index is 12.2. The standard InChI is InChI=1S/C8H6F3NO4S/c9-8(10,11)7(14,15)6(12-16)5(13)4-2-1-3-17-4/h1-3,14-16H/b12-6+. The first kappa shape index (κ1) is 13.6. The minimum absolute atomic E-state index is 0.213. The van der Waals surface area contributed by atoms with Crippen LogP contribution in [0, 0.1) is 0 Å². The van der Waals surface area contributed by atoms with Gasteiger partial charge in [0.2, 0.25) is 5.78 Å². The van der Waals surface area contributed by atoms with Crippen molar-refractivity contribution in [1.29, 1.82) is 0 Å². The normalized spacial score (nSPS) is 13.8. The lowest BCUT2D eigenvalue weighted by molar-refractivity contribution is -0.311. The van der Waals surface area contributed by atoms with E-state index in [4.69, 9.17) is 15.4 Å². The van der Waals surface area contributed by atoms with Gasteiger partial charge in [0, 0.05) is 0 Å². The van der Waals surface area contributed by atoms with Crippen LogP contribution in [0.15, 0.2) is 22.7 Å². The first-order valence-corrected chi connectivity index (χ1v) is 4.92. The number of oxime groups is 1. The summed E-state index contributed by atoms with van der Waals surface area (Å²) < 4.78 is 36.7. The molecule has 0 bridgehead atoms. The third-order valence-electron chi connectivity index (χ3n) is 1.79. The van der Waals surface area contributed by atoms with Gasteiger partial charge in [0.1, 0.15) is 0 Å². The van der Waals surface area contributed by atoms with Gasteiger partial charge in [0.25, 0.3) is 0 Å². The van der Waals surface area contributed by atoms with Gasteiger partial charge in [0.05, 0.1) is 4.88 Å². The number of rotatable bonds is 3. The number of nitrogens with zero attached hydrogens (tertiary/aromatic N) is 1. The van der Waals surface area contributed by atoms with E-state index >= 15 is 0 Å². The fourth-order valence-corrected chi connectivity index (χ4v) is 1.60. The Balaban J connectivity index is 3.15. The molecule has 17 heavy (non-hydrogen) atoms. The molecule has 94 valence electrons. The summed E-state index contributed by atoms with van der Waals surface area (Å²) in [6.07, 6.45) is -5.55. The van der Waals surface area contributed by atoms with Crippen molar-refractivity contribution in [3.05, 3.63) is 22.4 Å². The highest BCUT2D eigenvalue weighted by atomic mass is 32.1. The number of ketones is 1. The molecule has 3 N–H and O–H groups in total. The molecule has 0 aliphatic heterocycles. The number of Topliss-reactive ketones (excluding diaryl/α,β-unsaturated/α-hetero) is 1. The molecule has 1 aromatic heterocycles. The lowest BCUT2D eigenvalue weighted by Gasteiger charge is -2.23. The second-order valence-electron chi connectivity index (χ2n) is 2.93. The average molecular weight is 269 g/mol. The zero-order valence-corrected chi connectivity index (χ0v) is 8.79. The SMILES string of the molecule is O=C(/C(=N\O)C(O)(O)C(F)(F)F)c1cccs1. The van der Waals surface area contributed by atoms with Crippen molar-refractivity contribution in [2.24, 2.45) is 5.16 Å². The van der Waals surface area contributed by atoms with Crippen LogP contribution >= 0.6 is 11.3 Å². The van der Waals surface area contributed by atoms with E-state index in [-0.39, 0.29) is 4.88 Å². The van der Waals surface area contributed by atoms with E-state index in [1.54, 1.807) is 0 Å². The summed E-state index contributed by atoms with van der Waals surface area (Å²) in [6, 6.07) is 2.53. The molecule has 0 spiro atoms. The Bertz CT molecular complexity index is 438. The predicted molar refractivity (Wildman–Crippen MR) is 51.1 cm³/mol. The van der Waals surface area contributed by atoms with E-state index in [0.717, 1.165) is 17.4 Å². The van der Waals surface area contributed by atoms with Gasteiger partial charge in [-0.05, 0) is 11.4 Å². The minimum Gasteiger partial charge on any atom is -0.410 e. The van der Waals surface area contributed by atoms with Crippen molar-refractivity contribution in [2.75, 3.05) is 0 Å². The number of carbonyl (C=O) groups excluding carboxylic acids is 1. The van der Waals surface area contributed by atoms with Gasteiger partial charge in [-0.2, -0.15) is 13.2 Å². The van der Waals surface area contributed by atoms with Crippen molar-refractivity contribution < 1.29 is 33.4 Å². The molecule has 0 fully saturated rings. The fraction of sp³-hybridized carbons (Fsp3) is 0.250. The maximum Gasteiger partial charge on any atom is 0.449 e. The molecule has 1 rings (SSSR count). The molecule has 0 radical (unpaired) electrons. The van der Waals surface area contributed by atoms with Crippen molar-refractivity contribution in [2.45, 2.75) is 12.0 Å². The van der Waals surface area contributed by atoms with Crippen LogP contribution in [0.2, 0.25) is 0 Å². The number of alkyl halides is 3. The highest BCUT2D eigenvalue weighted by Gasteiger charge is 2.59. The molecule has 0 saturated carbocycles. The van der Waals surface area contributed by atoms with E-state index in [1.165, 1.54) is 11.4 Å².